The summed E-state index contributed by atoms with van der Waals surface area (Å²) in [6, 6.07) is 0. The molecule has 4 atom stereocenters. The zero-order valence-corrected chi connectivity index (χ0v) is 11.4. The highest BCUT2D eigenvalue weighted by Gasteiger charge is 2.58. The number of carbonyl (C=O) groups is 3. The summed E-state index contributed by atoms with van der Waals surface area (Å²) in [6.45, 7) is 2.48. The highest BCUT2D eigenvalue weighted by molar-refractivity contribution is 6.06. The van der Waals surface area contributed by atoms with Crippen LogP contribution < -0.4 is 5.32 Å². The number of fused-ring (bicyclic) bond motifs is 5. The number of carbonyl (C=O) groups excluding carboxylic acids is 3. The molecule has 3 rings (SSSR count). The molecule has 0 aromatic heterocycles. The molecule has 1 saturated carbocycles. The van der Waals surface area contributed by atoms with Crippen LogP contribution in [0.4, 0.5) is 4.79 Å². The van der Waals surface area contributed by atoms with Crippen molar-refractivity contribution in [2.24, 2.45) is 23.7 Å². The molecule has 6 heteroatoms. The van der Waals surface area contributed by atoms with E-state index in [-0.39, 0.29) is 48.6 Å². The Labute approximate surface area is 117 Å². The van der Waals surface area contributed by atoms with Crippen LogP contribution >= 0.6 is 0 Å². The molecule has 108 valence electrons. The number of alkyl carbamates (subject to hydrolysis) is 1. The number of nitrogens with one attached hydrogen (secondary N) is 1. The van der Waals surface area contributed by atoms with Crippen LogP contribution in [0.15, 0.2) is 12.2 Å². The van der Waals surface area contributed by atoms with Crippen LogP contribution in [0.1, 0.15) is 13.3 Å². The number of allylic oxidation sites excluding steroid dienone is 2. The molecule has 3 amide bonds. The van der Waals surface area contributed by atoms with Crippen molar-refractivity contribution in [2.45, 2.75) is 13.3 Å². The van der Waals surface area contributed by atoms with Crippen LogP contribution in [0.25, 0.3) is 0 Å². The fraction of sp³-hybridized carbons (Fsp3) is 0.643. The minimum atomic E-state index is -0.520. The first kappa shape index (κ1) is 13.1. The van der Waals surface area contributed by atoms with Crippen molar-refractivity contribution in [3.05, 3.63) is 12.2 Å². The minimum Gasteiger partial charge on any atom is -0.450 e. The van der Waals surface area contributed by atoms with Crippen molar-refractivity contribution in [3.63, 3.8) is 0 Å². The van der Waals surface area contributed by atoms with Crippen LogP contribution in [-0.2, 0) is 14.3 Å². The van der Waals surface area contributed by atoms with Gasteiger partial charge in [-0.3, -0.25) is 14.5 Å². The Morgan fingerprint density at radius 1 is 1.30 bits per heavy atom. The predicted octanol–water partition coefficient (Wildman–Crippen LogP) is 0.540. The summed E-state index contributed by atoms with van der Waals surface area (Å²) in [7, 11) is 0. The van der Waals surface area contributed by atoms with Crippen LogP contribution in [0.5, 0.6) is 0 Å². The molecule has 3 aliphatic rings. The maximum Gasteiger partial charge on any atom is 0.407 e. The van der Waals surface area contributed by atoms with Gasteiger partial charge in [0.25, 0.3) is 0 Å². The second-order valence-corrected chi connectivity index (χ2v) is 5.48. The Bertz CT molecular complexity index is 458. The average Bonchev–Trinajstić information content (AvgIpc) is 3.08. The van der Waals surface area contributed by atoms with E-state index in [9.17, 15) is 14.4 Å². The van der Waals surface area contributed by atoms with Crippen molar-refractivity contribution in [1.29, 1.82) is 0 Å². The zero-order valence-electron chi connectivity index (χ0n) is 11.4. The summed E-state index contributed by atoms with van der Waals surface area (Å²) < 4.78 is 4.73. The molecule has 2 fully saturated rings. The molecule has 2 bridgehead atoms. The number of imide groups is 1. The molecule has 1 saturated heterocycles. The van der Waals surface area contributed by atoms with Gasteiger partial charge in [0.2, 0.25) is 11.8 Å². The number of hydrogen-bond acceptors (Lipinski definition) is 4. The number of nitrogens with zero attached hydrogens (tertiary/aromatic N) is 1. The largest absolute Gasteiger partial charge is 0.450 e. The number of ether oxygens (including phenoxy) is 1. The van der Waals surface area contributed by atoms with E-state index in [2.05, 4.69) is 17.5 Å². The maximum absolute atomic E-state index is 12.3. The van der Waals surface area contributed by atoms with Crippen molar-refractivity contribution in [1.82, 2.24) is 10.2 Å². The van der Waals surface area contributed by atoms with E-state index < -0.39 is 6.09 Å². The van der Waals surface area contributed by atoms with Crippen molar-refractivity contribution in [3.8, 4) is 0 Å². The molecule has 1 N–H and O–H groups in total. The summed E-state index contributed by atoms with van der Waals surface area (Å²) in [5, 5.41) is 2.53. The lowest BCUT2D eigenvalue weighted by molar-refractivity contribution is -0.140. The normalized spacial score (nSPS) is 33.8. The number of rotatable bonds is 4. The second kappa shape index (κ2) is 4.92. The quantitative estimate of drug-likeness (QED) is 0.601. The molecular weight excluding hydrogens is 260 g/mol. The summed E-state index contributed by atoms with van der Waals surface area (Å²) in [5.41, 5.74) is 0. The van der Waals surface area contributed by atoms with Crippen molar-refractivity contribution in [2.75, 3.05) is 19.7 Å². The third-order valence-corrected chi connectivity index (χ3v) is 4.44. The van der Waals surface area contributed by atoms with Gasteiger partial charge in [0.15, 0.2) is 0 Å². The van der Waals surface area contributed by atoms with E-state index in [1.165, 1.54) is 4.90 Å². The van der Waals surface area contributed by atoms with Gasteiger partial charge in [-0.2, -0.15) is 0 Å². The lowest BCUT2D eigenvalue weighted by Gasteiger charge is -2.17. The van der Waals surface area contributed by atoms with Gasteiger partial charge in [0, 0.05) is 13.1 Å². The highest BCUT2D eigenvalue weighted by atomic mass is 16.5. The zero-order chi connectivity index (χ0) is 14.3. The van der Waals surface area contributed by atoms with Gasteiger partial charge in [0.1, 0.15) is 0 Å². The van der Waals surface area contributed by atoms with E-state index in [4.69, 9.17) is 4.74 Å². The maximum atomic E-state index is 12.3. The van der Waals surface area contributed by atoms with Crippen LogP contribution in [0.2, 0.25) is 0 Å². The summed E-state index contributed by atoms with van der Waals surface area (Å²) in [4.78, 5) is 37.1. The van der Waals surface area contributed by atoms with Gasteiger partial charge in [-0.05, 0) is 25.2 Å². The number of likely N-dealkylation sites (tertiary alicyclic amines) is 1. The fourth-order valence-electron chi connectivity index (χ4n) is 3.64. The van der Waals surface area contributed by atoms with Crippen LogP contribution in [0.3, 0.4) is 0 Å². The molecular formula is C14H18N2O4. The van der Waals surface area contributed by atoms with Gasteiger partial charge >= 0.3 is 6.09 Å². The lowest BCUT2D eigenvalue weighted by atomic mass is 9.85. The molecule has 20 heavy (non-hydrogen) atoms. The lowest BCUT2D eigenvalue weighted by Crippen LogP contribution is -2.39. The van der Waals surface area contributed by atoms with E-state index >= 15 is 0 Å². The molecule has 0 aromatic carbocycles. The third kappa shape index (κ3) is 1.90. The SMILES string of the molecule is CCOC(=O)NCCN1C(=O)[C@@H]2[C@@H](C1=O)[C@H]1C=C[C@H]2C1. The molecule has 0 unspecified atom stereocenters. The van der Waals surface area contributed by atoms with Crippen LogP contribution in [0, 0.1) is 23.7 Å². The summed E-state index contributed by atoms with van der Waals surface area (Å²) >= 11 is 0. The summed E-state index contributed by atoms with van der Waals surface area (Å²) in [5.74, 6) is -0.0425. The number of hydrogen-bond donors (Lipinski definition) is 1. The Hall–Kier alpha value is -1.85. The van der Waals surface area contributed by atoms with E-state index in [1.807, 2.05) is 0 Å². The van der Waals surface area contributed by atoms with E-state index in [0.29, 0.717) is 6.61 Å². The molecule has 6 nitrogen and oxygen atoms in total. The molecule has 0 radical (unpaired) electrons. The molecule has 2 aliphatic carbocycles. The van der Waals surface area contributed by atoms with Crippen molar-refractivity contribution >= 4 is 17.9 Å². The van der Waals surface area contributed by atoms with Crippen LogP contribution in [-0.4, -0.2) is 42.5 Å². The Morgan fingerprint density at radius 2 is 1.90 bits per heavy atom. The summed E-state index contributed by atoms with van der Waals surface area (Å²) in [6.07, 6.45) is 4.55. The Kier molecular flexibility index (Phi) is 3.23. The molecule has 1 heterocycles. The van der Waals surface area contributed by atoms with Gasteiger partial charge < -0.3 is 10.1 Å². The first-order valence-electron chi connectivity index (χ1n) is 7.07. The Morgan fingerprint density at radius 3 is 2.45 bits per heavy atom. The van der Waals surface area contributed by atoms with Gasteiger partial charge in [-0.1, -0.05) is 12.2 Å². The van der Waals surface area contributed by atoms with Gasteiger partial charge in [-0.25, -0.2) is 4.79 Å². The predicted molar refractivity (Wildman–Crippen MR) is 69.5 cm³/mol. The van der Waals surface area contributed by atoms with E-state index in [1.54, 1.807) is 6.92 Å². The van der Waals surface area contributed by atoms with Gasteiger partial charge in [-0.15, -0.1) is 0 Å². The smallest absolute Gasteiger partial charge is 0.407 e. The third-order valence-electron chi connectivity index (χ3n) is 4.44. The minimum absolute atomic E-state index is 0.0810. The topological polar surface area (TPSA) is 75.7 Å². The first-order valence-corrected chi connectivity index (χ1v) is 7.07. The monoisotopic (exact) mass is 278 g/mol. The second-order valence-electron chi connectivity index (χ2n) is 5.48. The highest BCUT2D eigenvalue weighted by Crippen LogP contribution is 2.52. The fourth-order valence-corrected chi connectivity index (χ4v) is 3.64. The average molecular weight is 278 g/mol. The standard InChI is InChI=1S/C14H18N2O4/c1-2-20-14(19)15-5-6-16-12(17)10-8-3-4-9(7-8)11(10)13(16)18/h3-4,8-11H,2,5-7H2,1H3,(H,15,19)/t8-,9-,10-,11-/m0/s1. The van der Waals surface area contributed by atoms with E-state index in [0.717, 1.165) is 6.42 Å². The Balaban J connectivity index is 1.58. The van der Waals surface area contributed by atoms with Gasteiger partial charge in [0.05, 0.1) is 18.4 Å². The van der Waals surface area contributed by atoms with Crippen molar-refractivity contribution < 1.29 is 19.1 Å². The number of amides is 3. The molecule has 0 aromatic rings. The molecule has 1 aliphatic heterocycles. The molecule has 0 spiro atoms. The first-order chi connectivity index (χ1) is 9.63.